The Morgan fingerprint density at radius 3 is 2.88 bits per heavy atom. The summed E-state index contributed by atoms with van der Waals surface area (Å²) >= 11 is 6.27. The zero-order valence-corrected chi connectivity index (χ0v) is 21.8. The highest BCUT2D eigenvalue weighted by molar-refractivity contribution is 14.0. The molecule has 0 radical (unpaired) electrons. The Morgan fingerprint density at radius 2 is 2.09 bits per heavy atom. The highest BCUT2D eigenvalue weighted by Gasteiger charge is 2.30. The number of likely N-dealkylation sites (tertiary alicyclic amines) is 1. The summed E-state index contributed by atoms with van der Waals surface area (Å²) in [4.78, 5) is 11.5. The lowest BCUT2D eigenvalue weighted by molar-refractivity contribution is 0.122. The number of piperidine rings is 1. The van der Waals surface area contributed by atoms with Gasteiger partial charge in [0, 0.05) is 50.0 Å². The number of benzene rings is 1. The predicted molar refractivity (Wildman–Crippen MR) is 143 cm³/mol. The molecule has 1 aliphatic heterocycles. The van der Waals surface area contributed by atoms with Crippen molar-refractivity contribution in [1.82, 2.24) is 24.9 Å². The lowest BCUT2D eigenvalue weighted by Gasteiger charge is -2.40. The van der Waals surface area contributed by atoms with E-state index in [1.165, 1.54) is 18.4 Å². The molecule has 2 aromatic heterocycles. The molecule has 6 nitrogen and oxygen atoms in total. The molecule has 2 unspecified atom stereocenters. The normalized spacial score (nSPS) is 19.5. The minimum absolute atomic E-state index is 0. The van der Waals surface area contributed by atoms with Gasteiger partial charge in [0.05, 0.1) is 5.69 Å². The van der Waals surface area contributed by atoms with Crippen molar-refractivity contribution in [1.29, 1.82) is 0 Å². The summed E-state index contributed by atoms with van der Waals surface area (Å²) in [6.45, 7) is 2.76. The van der Waals surface area contributed by atoms with Gasteiger partial charge in [0.25, 0.3) is 0 Å². The molecule has 1 aliphatic rings. The molecule has 0 aliphatic carbocycles. The highest BCUT2D eigenvalue weighted by atomic mass is 127. The molecule has 1 fully saturated rings. The van der Waals surface area contributed by atoms with Crippen molar-refractivity contribution >= 4 is 47.2 Å². The molecule has 0 bridgehead atoms. The number of nitrogens with one attached hydrogen (secondary N) is 2. The number of hydrogen-bond donors (Lipinski definition) is 2. The van der Waals surface area contributed by atoms with Crippen LogP contribution >= 0.6 is 35.6 Å². The van der Waals surface area contributed by atoms with Crippen LogP contribution in [0.5, 0.6) is 0 Å². The van der Waals surface area contributed by atoms with Crippen molar-refractivity contribution in [3.63, 3.8) is 0 Å². The quantitative estimate of drug-likeness (QED) is 0.264. The van der Waals surface area contributed by atoms with Crippen molar-refractivity contribution in [3.05, 3.63) is 71.1 Å². The van der Waals surface area contributed by atoms with E-state index in [-0.39, 0.29) is 24.0 Å². The maximum atomic E-state index is 6.27. The molecule has 0 amide bonds. The Labute approximate surface area is 212 Å². The van der Waals surface area contributed by atoms with Gasteiger partial charge >= 0.3 is 0 Å². The van der Waals surface area contributed by atoms with Crippen LogP contribution in [0.4, 0.5) is 0 Å². The van der Waals surface area contributed by atoms with E-state index in [2.05, 4.69) is 55.3 Å². The number of rotatable bonds is 6. The average molecular weight is 567 g/mol. The van der Waals surface area contributed by atoms with Gasteiger partial charge in [-0.15, -0.1) is 24.0 Å². The zero-order chi connectivity index (χ0) is 21.6. The van der Waals surface area contributed by atoms with Crippen LogP contribution in [0.15, 0.2) is 59.9 Å². The fourth-order valence-corrected chi connectivity index (χ4v) is 4.75. The van der Waals surface area contributed by atoms with Crippen LogP contribution in [0, 0.1) is 5.92 Å². The number of nitrogens with zero attached hydrogens (tertiary/aromatic N) is 4. The summed E-state index contributed by atoms with van der Waals surface area (Å²) in [6, 6.07) is 14.7. The topological polar surface area (TPSA) is 57.0 Å². The molecule has 32 heavy (non-hydrogen) atoms. The van der Waals surface area contributed by atoms with Gasteiger partial charge in [0.1, 0.15) is 5.65 Å². The number of hydrogen-bond acceptors (Lipinski definition) is 3. The largest absolute Gasteiger partial charge is 0.356 e. The minimum atomic E-state index is 0. The van der Waals surface area contributed by atoms with Crippen molar-refractivity contribution in [2.75, 3.05) is 33.7 Å². The Bertz CT molecular complexity index is 1000. The summed E-state index contributed by atoms with van der Waals surface area (Å²) in [6.07, 6.45) is 7.35. The second-order valence-corrected chi connectivity index (χ2v) is 8.65. The van der Waals surface area contributed by atoms with Gasteiger partial charge in [-0.2, -0.15) is 0 Å². The monoisotopic (exact) mass is 566 g/mol. The molecule has 2 atom stereocenters. The van der Waals surface area contributed by atoms with Crippen LogP contribution < -0.4 is 10.6 Å². The smallest absolute Gasteiger partial charge is 0.190 e. The SMILES string of the molecule is CN=C(NCCc1cn2ccccc2n1)NCC1CCCN(C)C1c1cccc(Cl)c1.I. The second kappa shape index (κ2) is 11.9. The number of aromatic nitrogens is 2. The first-order valence-corrected chi connectivity index (χ1v) is 11.3. The van der Waals surface area contributed by atoms with Gasteiger partial charge in [-0.05, 0) is 62.2 Å². The van der Waals surface area contributed by atoms with Crippen LogP contribution in [-0.4, -0.2) is 54.0 Å². The fraction of sp³-hybridized carbons (Fsp3) is 0.417. The summed E-state index contributed by atoms with van der Waals surface area (Å²) in [5.41, 5.74) is 3.34. The Kier molecular flexibility index (Phi) is 9.19. The third-order valence-electron chi connectivity index (χ3n) is 6.04. The summed E-state index contributed by atoms with van der Waals surface area (Å²) in [5, 5.41) is 7.77. The molecule has 4 rings (SSSR count). The highest BCUT2D eigenvalue weighted by Crippen LogP contribution is 2.35. The number of guanidine groups is 1. The zero-order valence-electron chi connectivity index (χ0n) is 18.7. The number of aliphatic imine (C=N–C) groups is 1. The van der Waals surface area contributed by atoms with Gasteiger partial charge in [0.2, 0.25) is 0 Å². The number of pyridine rings is 1. The van der Waals surface area contributed by atoms with E-state index in [0.29, 0.717) is 12.0 Å². The number of halogens is 2. The predicted octanol–water partition coefficient (Wildman–Crippen LogP) is 4.40. The third kappa shape index (κ3) is 6.14. The van der Waals surface area contributed by atoms with Gasteiger partial charge in [-0.1, -0.05) is 29.8 Å². The van der Waals surface area contributed by atoms with Gasteiger partial charge in [-0.25, -0.2) is 4.98 Å². The summed E-state index contributed by atoms with van der Waals surface area (Å²) in [5.74, 6) is 1.33. The van der Waals surface area contributed by atoms with Gasteiger partial charge in [-0.3, -0.25) is 9.89 Å². The summed E-state index contributed by atoms with van der Waals surface area (Å²) in [7, 11) is 4.03. The maximum Gasteiger partial charge on any atom is 0.190 e. The van der Waals surface area contributed by atoms with E-state index in [1.54, 1.807) is 0 Å². The van der Waals surface area contributed by atoms with Gasteiger partial charge < -0.3 is 15.0 Å². The molecular formula is C24H32ClIN6. The van der Waals surface area contributed by atoms with E-state index in [9.17, 15) is 0 Å². The summed E-state index contributed by atoms with van der Waals surface area (Å²) < 4.78 is 2.05. The van der Waals surface area contributed by atoms with Crippen LogP contribution in [-0.2, 0) is 6.42 Å². The van der Waals surface area contributed by atoms with Crippen LogP contribution in [0.25, 0.3) is 5.65 Å². The number of imidazole rings is 1. The molecule has 1 aromatic carbocycles. The minimum Gasteiger partial charge on any atom is -0.356 e. The van der Waals surface area contributed by atoms with Crippen molar-refractivity contribution in [2.24, 2.45) is 10.9 Å². The van der Waals surface area contributed by atoms with Crippen LogP contribution in [0.2, 0.25) is 5.02 Å². The van der Waals surface area contributed by atoms with Crippen LogP contribution in [0.1, 0.15) is 30.1 Å². The molecule has 172 valence electrons. The van der Waals surface area contributed by atoms with E-state index in [0.717, 1.165) is 48.4 Å². The first-order chi connectivity index (χ1) is 15.1. The Balaban J connectivity index is 0.00000289. The van der Waals surface area contributed by atoms with Crippen molar-refractivity contribution < 1.29 is 0 Å². The van der Waals surface area contributed by atoms with Crippen LogP contribution in [0.3, 0.4) is 0 Å². The first kappa shape index (κ1) is 24.8. The van der Waals surface area contributed by atoms with E-state index >= 15 is 0 Å². The Morgan fingerprint density at radius 1 is 1.22 bits per heavy atom. The first-order valence-electron chi connectivity index (χ1n) is 11.0. The molecule has 0 saturated carbocycles. The maximum absolute atomic E-state index is 6.27. The molecule has 0 spiro atoms. The standard InChI is InChI=1S/C24H31ClN6.HI/c1-26-24(27-12-11-21-17-31-14-4-3-10-22(31)29-21)28-16-19-8-6-13-30(2)23(19)18-7-5-9-20(25)15-18;/h3-5,7,9-10,14-15,17,19,23H,6,8,11-13,16H2,1-2H3,(H2,26,27,28);1H. The molecule has 2 N–H and O–H groups in total. The fourth-order valence-electron chi connectivity index (χ4n) is 4.56. The van der Waals surface area contributed by atoms with Crippen molar-refractivity contribution in [2.45, 2.75) is 25.3 Å². The van der Waals surface area contributed by atoms with E-state index in [4.69, 9.17) is 11.6 Å². The molecule has 1 saturated heterocycles. The third-order valence-corrected chi connectivity index (χ3v) is 6.28. The number of fused-ring (bicyclic) bond motifs is 1. The molecule has 8 heteroatoms. The lowest BCUT2D eigenvalue weighted by Crippen LogP contribution is -2.45. The van der Waals surface area contributed by atoms with E-state index in [1.807, 2.05) is 43.6 Å². The molecule has 3 heterocycles. The Hall–Kier alpha value is -1.84. The lowest BCUT2D eigenvalue weighted by atomic mass is 9.85. The molecular weight excluding hydrogens is 535 g/mol. The van der Waals surface area contributed by atoms with E-state index < -0.39 is 0 Å². The molecule has 3 aromatic rings. The van der Waals surface area contributed by atoms with Gasteiger partial charge in [0.15, 0.2) is 5.96 Å². The second-order valence-electron chi connectivity index (χ2n) is 8.21. The average Bonchev–Trinajstić information content (AvgIpc) is 3.19. The van der Waals surface area contributed by atoms with Crippen molar-refractivity contribution in [3.8, 4) is 0 Å².